The molecule has 0 aliphatic heterocycles. The molecule has 3 nitrogen and oxygen atoms in total. The highest BCUT2D eigenvalue weighted by molar-refractivity contribution is 9.10. The van der Waals surface area contributed by atoms with Gasteiger partial charge in [-0.1, -0.05) is 33.6 Å². The van der Waals surface area contributed by atoms with Crippen LogP contribution in [0.15, 0.2) is 28.7 Å². The fraction of sp³-hybridized carbons (Fsp3) is 0.400. The molecule has 1 unspecified atom stereocenters. The zero-order valence-corrected chi connectivity index (χ0v) is 14.3. The number of hydrogen-bond donors (Lipinski definition) is 1. The molecule has 2 rings (SSSR count). The second-order valence-electron chi connectivity index (χ2n) is 4.81. The first-order valence-electron chi connectivity index (χ1n) is 6.70. The van der Waals surface area contributed by atoms with Gasteiger partial charge in [0.1, 0.15) is 0 Å². The Bertz CT molecular complexity index is 595. The largest absolute Gasteiger partial charge is 0.311 e. The summed E-state index contributed by atoms with van der Waals surface area (Å²) in [5.41, 5.74) is 3.38. The minimum atomic E-state index is 0.204. The van der Waals surface area contributed by atoms with Crippen molar-refractivity contribution < 1.29 is 0 Å². The third kappa shape index (κ3) is 3.43. The molecule has 20 heavy (non-hydrogen) atoms. The Morgan fingerprint density at radius 3 is 2.75 bits per heavy atom. The van der Waals surface area contributed by atoms with Crippen molar-refractivity contribution >= 4 is 27.5 Å². The van der Waals surface area contributed by atoms with Gasteiger partial charge in [-0.2, -0.15) is 5.10 Å². The molecule has 0 saturated carbocycles. The molecule has 1 heterocycles. The summed E-state index contributed by atoms with van der Waals surface area (Å²) in [5, 5.41) is 8.67. The lowest BCUT2D eigenvalue weighted by Crippen LogP contribution is -2.22. The van der Waals surface area contributed by atoms with Gasteiger partial charge in [0, 0.05) is 16.0 Å². The molecule has 1 atom stereocenters. The normalized spacial score (nSPS) is 12.7. The maximum atomic E-state index is 6.32. The van der Waals surface area contributed by atoms with Crippen molar-refractivity contribution in [2.24, 2.45) is 0 Å². The number of aryl methyl sites for hydroxylation is 2. The number of benzene rings is 1. The number of likely N-dealkylation sites (N-methyl/N-ethyl adjacent to an activating group) is 1. The van der Waals surface area contributed by atoms with Crippen LogP contribution in [0.1, 0.15) is 29.9 Å². The van der Waals surface area contributed by atoms with Crippen LogP contribution in [-0.2, 0) is 13.0 Å². The van der Waals surface area contributed by atoms with Gasteiger partial charge in [-0.25, -0.2) is 0 Å². The van der Waals surface area contributed by atoms with Crippen molar-refractivity contribution in [1.29, 1.82) is 0 Å². The predicted molar refractivity (Wildman–Crippen MR) is 87.3 cm³/mol. The number of nitrogens with one attached hydrogen (secondary N) is 1. The summed E-state index contributed by atoms with van der Waals surface area (Å²) in [6, 6.07) is 8.37. The lowest BCUT2D eigenvalue weighted by molar-refractivity contribution is 0.512. The molecule has 0 fully saturated rings. The molecule has 0 saturated heterocycles. The topological polar surface area (TPSA) is 29.9 Å². The van der Waals surface area contributed by atoms with Crippen molar-refractivity contribution in [1.82, 2.24) is 15.1 Å². The smallest absolute Gasteiger partial charge is 0.0597 e. The highest BCUT2D eigenvalue weighted by atomic mass is 79.9. The average Bonchev–Trinajstić information content (AvgIpc) is 2.79. The minimum Gasteiger partial charge on any atom is -0.311 e. The highest BCUT2D eigenvalue weighted by Crippen LogP contribution is 2.26. The van der Waals surface area contributed by atoms with E-state index in [4.69, 9.17) is 11.6 Å². The Labute approximate surface area is 133 Å². The first kappa shape index (κ1) is 15.5. The number of nitrogens with zero attached hydrogens (tertiary/aromatic N) is 2. The summed E-state index contributed by atoms with van der Waals surface area (Å²) in [5.74, 6) is 0. The van der Waals surface area contributed by atoms with Gasteiger partial charge in [-0.3, -0.25) is 4.68 Å². The molecule has 0 aliphatic rings. The first-order valence-corrected chi connectivity index (χ1v) is 7.87. The summed E-state index contributed by atoms with van der Waals surface area (Å²) in [6.07, 6.45) is 0.841. The van der Waals surface area contributed by atoms with E-state index in [-0.39, 0.29) is 6.04 Å². The Morgan fingerprint density at radius 2 is 2.15 bits per heavy atom. The zero-order valence-electron chi connectivity index (χ0n) is 12.0. The third-order valence-corrected chi connectivity index (χ3v) is 4.22. The Morgan fingerprint density at radius 1 is 1.40 bits per heavy atom. The molecule has 0 aliphatic carbocycles. The van der Waals surface area contributed by atoms with Crippen LogP contribution in [0, 0.1) is 6.92 Å². The van der Waals surface area contributed by atoms with Gasteiger partial charge in [0.15, 0.2) is 0 Å². The van der Waals surface area contributed by atoms with E-state index in [1.807, 2.05) is 30.8 Å². The molecule has 0 amide bonds. The molecule has 0 radical (unpaired) electrons. The van der Waals surface area contributed by atoms with E-state index in [0.717, 1.165) is 33.7 Å². The van der Waals surface area contributed by atoms with Crippen LogP contribution >= 0.6 is 27.5 Å². The van der Waals surface area contributed by atoms with Crippen molar-refractivity contribution in [2.75, 3.05) is 7.05 Å². The maximum Gasteiger partial charge on any atom is 0.0597 e. The third-order valence-electron chi connectivity index (χ3n) is 3.38. The number of rotatable bonds is 5. The first-order chi connectivity index (χ1) is 9.55. The van der Waals surface area contributed by atoms with Crippen LogP contribution in [0.3, 0.4) is 0 Å². The summed E-state index contributed by atoms with van der Waals surface area (Å²) >= 11 is 9.75. The van der Waals surface area contributed by atoms with Crippen LogP contribution in [0.5, 0.6) is 0 Å². The number of halogens is 2. The van der Waals surface area contributed by atoms with Gasteiger partial charge in [0.2, 0.25) is 0 Å². The fourth-order valence-corrected chi connectivity index (χ4v) is 3.11. The van der Waals surface area contributed by atoms with Crippen molar-refractivity contribution in [2.45, 2.75) is 32.9 Å². The lowest BCUT2D eigenvalue weighted by atomic mass is 10.0. The van der Waals surface area contributed by atoms with Gasteiger partial charge < -0.3 is 5.32 Å². The summed E-state index contributed by atoms with van der Waals surface area (Å²) in [6.45, 7) is 5.00. The standard InChI is InChI=1S/C15H19BrClN3/c1-4-20-15(7-10(2)19-20)14(18-3)8-11-5-6-12(16)9-13(11)17/h5-7,9,14,18H,4,8H2,1-3H3. The van der Waals surface area contributed by atoms with Crippen LogP contribution in [0.4, 0.5) is 0 Å². The van der Waals surface area contributed by atoms with Crippen LogP contribution in [0.25, 0.3) is 0 Å². The monoisotopic (exact) mass is 355 g/mol. The van der Waals surface area contributed by atoms with Crippen molar-refractivity contribution in [3.05, 3.63) is 50.7 Å². The summed E-state index contributed by atoms with van der Waals surface area (Å²) < 4.78 is 3.05. The van der Waals surface area contributed by atoms with Crippen LogP contribution in [0.2, 0.25) is 5.02 Å². The molecule has 5 heteroatoms. The van der Waals surface area contributed by atoms with Gasteiger partial charge in [-0.05, 0) is 51.1 Å². The fourth-order valence-electron chi connectivity index (χ4n) is 2.36. The SMILES string of the molecule is CCn1nc(C)cc1C(Cc1ccc(Br)cc1Cl)NC. The molecule has 1 aromatic heterocycles. The molecule has 0 spiro atoms. The second kappa shape index (κ2) is 6.74. The number of hydrogen-bond acceptors (Lipinski definition) is 2. The van der Waals surface area contributed by atoms with E-state index in [1.165, 1.54) is 5.69 Å². The average molecular weight is 357 g/mol. The van der Waals surface area contributed by atoms with Gasteiger partial charge in [-0.15, -0.1) is 0 Å². The Balaban J connectivity index is 2.28. The van der Waals surface area contributed by atoms with E-state index in [1.54, 1.807) is 0 Å². The van der Waals surface area contributed by atoms with E-state index in [0.29, 0.717) is 0 Å². The molecular weight excluding hydrogens is 338 g/mol. The zero-order chi connectivity index (χ0) is 14.7. The van der Waals surface area contributed by atoms with Gasteiger partial charge in [0.05, 0.1) is 17.4 Å². The summed E-state index contributed by atoms with van der Waals surface area (Å²) in [7, 11) is 1.97. The number of aromatic nitrogens is 2. The van der Waals surface area contributed by atoms with E-state index in [9.17, 15) is 0 Å². The molecule has 1 aromatic carbocycles. The van der Waals surface area contributed by atoms with E-state index >= 15 is 0 Å². The predicted octanol–water partition coefficient (Wildman–Crippen LogP) is 4.13. The van der Waals surface area contributed by atoms with Gasteiger partial charge >= 0.3 is 0 Å². The van der Waals surface area contributed by atoms with Gasteiger partial charge in [0.25, 0.3) is 0 Å². The van der Waals surface area contributed by atoms with E-state index < -0.39 is 0 Å². The molecule has 108 valence electrons. The second-order valence-corrected chi connectivity index (χ2v) is 6.13. The van der Waals surface area contributed by atoms with Crippen molar-refractivity contribution in [3.8, 4) is 0 Å². The van der Waals surface area contributed by atoms with Crippen LogP contribution < -0.4 is 5.32 Å². The lowest BCUT2D eigenvalue weighted by Gasteiger charge is -2.18. The molecular formula is C15H19BrClN3. The molecule has 2 aromatic rings. The molecule has 0 bridgehead atoms. The Kier molecular flexibility index (Phi) is 5.24. The Hall–Kier alpha value is -0.840. The summed E-state index contributed by atoms with van der Waals surface area (Å²) in [4.78, 5) is 0. The van der Waals surface area contributed by atoms with Crippen LogP contribution in [-0.4, -0.2) is 16.8 Å². The van der Waals surface area contributed by atoms with Crippen molar-refractivity contribution in [3.63, 3.8) is 0 Å². The quantitative estimate of drug-likeness (QED) is 0.873. The van der Waals surface area contributed by atoms with E-state index in [2.05, 4.69) is 45.4 Å². The molecule has 1 N–H and O–H groups in total. The minimum absolute atomic E-state index is 0.204. The maximum absolute atomic E-state index is 6.32. The highest BCUT2D eigenvalue weighted by Gasteiger charge is 2.17.